The number of amides is 2. The predicted octanol–water partition coefficient (Wildman–Crippen LogP) is 4.18. The van der Waals surface area contributed by atoms with E-state index >= 15 is 0 Å². The summed E-state index contributed by atoms with van der Waals surface area (Å²) < 4.78 is 0. The van der Waals surface area contributed by atoms with E-state index < -0.39 is 0 Å². The van der Waals surface area contributed by atoms with Gasteiger partial charge in [0.15, 0.2) is 0 Å². The van der Waals surface area contributed by atoms with E-state index in [0.717, 1.165) is 36.9 Å². The molecule has 1 aliphatic heterocycles. The first-order chi connectivity index (χ1) is 15.0. The molecule has 1 saturated carbocycles. The maximum Gasteiger partial charge on any atom is 0.254 e. The van der Waals surface area contributed by atoms with Crippen molar-refractivity contribution in [3.63, 3.8) is 0 Å². The van der Waals surface area contributed by atoms with Gasteiger partial charge in [-0.1, -0.05) is 43.2 Å². The van der Waals surface area contributed by atoms with Gasteiger partial charge < -0.3 is 14.7 Å². The van der Waals surface area contributed by atoms with Crippen LogP contribution in [-0.2, 0) is 11.3 Å². The number of rotatable bonds is 5. The number of hydrogen-bond acceptors (Lipinski definition) is 3. The first kappa shape index (κ1) is 21.4. The number of likely N-dealkylation sites (tertiary alicyclic amines) is 1. The van der Waals surface area contributed by atoms with Crippen molar-refractivity contribution in [2.24, 2.45) is 5.92 Å². The summed E-state index contributed by atoms with van der Waals surface area (Å²) in [6.07, 6.45) is 5.23. The molecule has 4 rings (SSSR count). The quantitative estimate of drug-likeness (QED) is 0.730. The zero-order chi connectivity index (χ0) is 22.0. The minimum absolute atomic E-state index is 0.00270. The van der Waals surface area contributed by atoms with Crippen LogP contribution in [0.3, 0.4) is 0 Å². The minimum atomic E-state index is -0.369. The van der Waals surface area contributed by atoms with Crippen LogP contribution in [0.4, 0.5) is 5.69 Å². The molecule has 1 saturated heterocycles. The fourth-order valence-electron chi connectivity index (χ4n) is 5.21. The van der Waals surface area contributed by atoms with Crippen LogP contribution in [0.2, 0.25) is 0 Å². The molecule has 1 aliphatic carbocycles. The van der Waals surface area contributed by atoms with Gasteiger partial charge in [0, 0.05) is 45.0 Å². The van der Waals surface area contributed by atoms with Crippen molar-refractivity contribution < 1.29 is 9.59 Å². The molecule has 0 spiro atoms. The van der Waals surface area contributed by atoms with Crippen LogP contribution in [0, 0.1) is 5.92 Å². The van der Waals surface area contributed by atoms with Crippen LogP contribution in [-0.4, -0.2) is 54.8 Å². The van der Waals surface area contributed by atoms with E-state index in [1.807, 2.05) is 56.4 Å². The summed E-state index contributed by atoms with van der Waals surface area (Å²) in [5.74, 6) is 0.482. The Morgan fingerprint density at radius 3 is 2.29 bits per heavy atom. The van der Waals surface area contributed by atoms with Crippen molar-refractivity contribution in [1.29, 1.82) is 0 Å². The van der Waals surface area contributed by atoms with Gasteiger partial charge in [-0.3, -0.25) is 9.59 Å². The molecule has 0 bridgehead atoms. The van der Waals surface area contributed by atoms with Crippen molar-refractivity contribution in [1.82, 2.24) is 9.80 Å². The van der Waals surface area contributed by atoms with E-state index in [4.69, 9.17) is 0 Å². The van der Waals surface area contributed by atoms with Crippen molar-refractivity contribution in [3.8, 4) is 0 Å². The first-order valence-electron chi connectivity index (χ1n) is 11.3. The summed E-state index contributed by atoms with van der Waals surface area (Å²) in [7, 11) is 5.89. The second kappa shape index (κ2) is 9.13. The lowest BCUT2D eigenvalue weighted by molar-refractivity contribution is -0.134. The molecular weight excluding hydrogens is 386 g/mol. The van der Waals surface area contributed by atoms with Crippen LogP contribution < -0.4 is 4.90 Å². The number of fused-ring (bicyclic) bond motifs is 1. The highest BCUT2D eigenvalue weighted by Crippen LogP contribution is 2.41. The summed E-state index contributed by atoms with van der Waals surface area (Å²) >= 11 is 0. The number of nitrogens with zero attached hydrogens (tertiary/aromatic N) is 3. The van der Waals surface area contributed by atoms with Crippen LogP contribution in [0.15, 0.2) is 54.6 Å². The second-order valence-electron chi connectivity index (χ2n) is 9.20. The monoisotopic (exact) mass is 419 g/mol. The summed E-state index contributed by atoms with van der Waals surface area (Å²) in [4.78, 5) is 32.8. The molecule has 5 nitrogen and oxygen atoms in total. The Bertz CT molecular complexity index is 910. The van der Waals surface area contributed by atoms with Crippen LogP contribution >= 0.6 is 0 Å². The van der Waals surface area contributed by atoms with Gasteiger partial charge in [-0.25, -0.2) is 0 Å². The van der Waals surface area contributed by atoms with Crippen molar-refractivity contribution in [2.45, 2.75) is 50.7 Å². The molecule has 0 aromatic heterocycles. The Labute approximate surface area is 185 Å². The lowest BCUT2D eigenvalue weighted by Crippen LogP contribution is -2.49. The molecule has 3 atom stereocenters. The number of carbonyl (C=O) groups is 2. The van der Waals surface area contributed by atoms with Crippen molar-refractivity contribution in [3.05, 3.63) is 65.7 Å². The Balaban J connectivity index is 1.53. The van der Waals surface area contributed by atoms with E-state index in [-0.39, 0.29) is 23.9 Å². The number of likely N-dealkylation sites (N-methyl/N-ethyl adjacent to an activating group) is 1. The van der Waals surface area contributed by atoms with Gasteiger partial charge in [0.25, 0.3) is 5.91 Å². The van der Waals surface area contributed by atoms with E-state index in [9.17, 15) is 9.59 Å². The Morgan fingerprint density at radius 1 is 0.935 bits per heavy atom. The second-order valence-corrected chi connectivity index (χ2v) is 9.20. The summed E-state index contributed by atoms with van der Waals surface area (Å²) in [6, 6.07) is 17.5. The largest absolute Gasteiger partial charge is 0.378 e. The van der Waals surface area contributed by atoms with E-state index in [1.165, 1.54) is 6.42 Å². The molecule has 2 fully saturated rings. The Morgan fingerprint density at radius 2 is 1.61 bits per heavy atom. The van der Waals surface area contributed by atoms with Gasteiger partial charge in [0.05, 0.1) is 0 Å². The number of benzene rings is 2. The third-order valence-corrected chi connectivity index (χ3v) is 6.88. The average molecular weight is 420 g/mol. The molecule has 3 unspecified atom stereocenters. The van der Waals surface area contributed by atoms with E-state index in [2.05, 4.69) is 29.2 Å². The molecule has 2 aromatic carbocycles. The fourth-order valence-corrected chi connectivity index (χ4v) is 5.21. The van der Waals surface area contributed by atoms with Gasteiger partial charge in [-0.2, -0.15) is 0 Å². The highest BCUT2D eigenvalue weighted by molar-refractivity contribution is 5.98. The zero-order valence-corrected chi connectivity index (χ0v) is 18.8. The fraction of sp³-hybridized carbons (Fsp3) is 0.462. The molecule has 31 heavy (non-hydrogen) atoms. The van der Waals surface area contributed by atoms with Crippen LogP contribution in [0.1, 0.15) is 48.0 Å². The molecule has 2 amide bonds. The molecule has 164 valence electrons. The highest BCUT2D eigenvalue weighted by Gasteiger charge is 2.48. The lowest BCUT2D eigenvalue weighted by Gasteiger charge is -2.34. The average Bonchev–Trinajstić information content (AvgIpc) is 3.18. The Kier molecular flexibility index (Phi) is 6.30. The van der Waals surface area contributed by atoms with Crippen LogP contribution in [0.25, 0.3) is 0 Å². The zero-order valence-electron chi connectivity index (χ0n) is 18.8. The van der Waals surface area contributed by atoms with E-state index in [0.29, 0.717) is 18.0 Å². The highest BCUT2D eigenvalue weighted by atomic mass is 16.2. The molecular formula is C26H33N3O2. The molecule has 5 heteroatoms. The normalized spacial score (nSPS) is 22.7. The first-order valence-corrected chi connectivity index (χ1v) is 11.3. The number of anilines is 1. The molecule has 1 heterocycles. The third kappa shape index (κ3) is 4.46. The standard InChI is InChI=1S/C26H33N3O2/c1-27(2)22-15-13-19(14-16-22)18-28(3)26(31)24-17-21-11-7-8-12-23(21)29(24)25(30)20-9-5-4-6-10-20/h4-6,9-10,13-16,21,23-24H,7-8,11-12,17-18H2,1-3H3. The molecule has 0 radical (unpaired) electrons. The van der Waals surface area contributed by atoms with Gasteiger partial charge in [-0.05, 0) is 55.0 Å². The predicted molar refractivity (Wildman–Crippen MR) is 124 cm³/mol. The van der Waals surface area contributed by atoms with Gasteiger partial charge in [0.1, 0.15) is 6.04 Å². The number of hydrogen-bond donors (Lipinski definition) is 0. The van der Waals surface area contributed by atoms with E-state index in [1.54, 1.807) is 4.90 Å². The maximum absolute atomic E-state index is 13.5. The SMILES string of the molecule is CN(Cc1ccc(N(C)C)cc1)C(=O)C1CC2CCCCC2N1C(=O)c1ccccc1. The summed E-state index contributed by atoms with van der Waals surface area (Å²) in [5, 5.41) is 0. The summed E-state index contributed by atoms with van der Waals surface area (Å²) in [6.45, 7) is 0.547. The van der Waals surface area contributed by atoms with Crippen molar-refractivity contribution >= 4 is 17.5 Å². The molecule has 2 aliphatic rings. The third-order valence-electron chi connectivity index (χ3n) is 6.88. The van der Waals surface area contributed by atoms with Gasteiger partial charge in [-0.15, -0.1) is 0 Å². The topological polar surface area (TPSA) is 43.9 Å². The molecule has 2 aromatic rings. The van der Waals surface area contributed by atoms with Crippen molar-refractivity contribution in [2.75, 3.05) is 26.0 Å². The molecule has 0 N–H and O–H groups in total. The maximum atomic E-state index is 13.5. The Hall–Kier alpha value is -2.82. The minimum Gasteiger partial charge on any atom is -0.378 e. The number of carbonyl (C=O) groups excluding carboxylic acids is 2. The lowest BCUT2D eigenvalue weighted by atomic mass is 9.84. The van der Waals surface area contributed by atoms with Crippen LogP contribution in [0.5, 0.6) is 0 Å². The summed E-state index contributed by atoms with van der Waals surface area (Å²) in [5.41, 5.74) is 2.91. The van der Waals surface area contributed by atoms with Gasteiger partial charge in [0.2, 0.25) is 5.91 Å². The van der Waals surface area contributed by atoms with Gasteiger partial charge >= 0.3 is 0 Å². The smallest absolute Gasteiger partial charge is 0.254 e.